The first kappa shape index (κ1) is 13.3. The van der Waals surface area contributed by atoms with Gasteiger partial charge >= 0.3 is 0 Å². The van der Waals surface area contributed by atoms with Gasteiger partial charge in [-0.3, -0.25) is 0 Å². The van der Waals surface area contributed by atoms with Gasteiger partial charge in [-0.05, 0) is 39.2 Å². The van der Waals surface area contributed by atoms with Crippen molar-refractivity contribution in [3.05, 3.63) is 24.2 Å². The number of rotatable bonds is 6. The first-order valence-electron chi connectivity index (χ1n) is 6.23. The van der Waals surface area contributed by atoms with Gasteiger partial charge in [-0.25, -0.2) is 9.97 Å². The maximum absolute atomic E-state index is 5.84. The number of halogens is 1. The molecule has 0 unspecified atom stereocenters. The van der Waals surface area contributed by atoms with Crippen molar-refractivity contribution < 1.29 is 0 Å². The highest BCUT2D eigenvalue weighted by molar-refractivity contribution is 6.17. The number of pyridine rings is 1. The zero-order valence-electron chi connectivity index (χ0n) is 10.9. The summed E-state index contributed by atoms with van der Waals surface area (Å²) in [4.78, 5) is 11.2. The number of fused-ring (bicyclic) bond motifs is 1. The molecular formula is C13H19ClN4. The van der Waals surface area contributed by atoms with E-state index < -0.39 is 0 Å². The van der Waals surface area contributed by atoms with E-state index in [1.165, 1.54) is 0 Å². The number of aryl methyl sites for hydroxylation is 2. The minimum absolute atomic E-state index is 0.594. The van der Waals surface area contributed by atoms with Crippen LogP contribution < -0.4 is 0 Å². The Morgan fingerprint density at radius 1 is 1.39 bits per heavy atom. The Labute approximate surface area is 113 Å². The molecule has 2 rings (SSSR count). The fourth-order valence-electron chi connectivity index (χ4n) is 2.06. The van der Waals surface area contributed by atoms with Crippen LogP contribution >= 0.6 is 11.6 Å². The van der Waals surface area contributed by atoms with Crippen LogP contribution in [0, 0.1) is 0 Å². The first-order chi connectivity index (χ1) is 8.72. The van der Waals surface area contributed by atoms with Crippen molar-refractivity contribution in [1.82, 2.24) is 19.4 Å². The molecule has 2 aromatic rings. The molecule has 0 aliphatic rings. The minimum Gasteiger partial charge on any atom is -0.313 e. The summed E-state index contributed by atoms with van der Waals surface area (Å²) in [5.41, 5.74) is 1.93. The molecule has 2 heterocycles. The van der Waals surface area contributed by atoms with Crippen LogP contribution in [0.2, 0.25) is 0 Å². The third kappa shape index (κ3) is 3.00. The van der Waals surface area contributed by atoms with Gasteiger partial charge in [0.1, 0.15) is 11.3 Å². The summed E-state index contributed by atoms with van der Waals surface area (Å²) in [5, 5.41) is 0. The molecule has 18 heavy (non-hydrogen) atoms. The smallest absolute Gasteiger partial charge is 0.159 e. The number of hydrogen-bond donors (Lipinski definition) is 0. The Bertz CT molecular complexity index is 507. The SMILES string of the molecule is CN(C)CCCn1c(CCCl)nc2cccnc21. The largest absolute Gasteiger partial charge is 0.313 e. The van der Waals surface area contributed by atoms with E-state index in [1.54, 1.807) is 0 Å². The molecule has 0 aliphatic carbocycles. The topological polar surface area (TPSA) is 34.0 Å². The van der Waals surface area contributed by atoms with E-state index in [4.69, 9.17) is 11.6 Å². The van der Waals surface area contributed by atoms with Crippen molar-refractivity contribution in [3.63, 3.8) is 0 Å². The van der Waals surface area contributed by atoms with E-state index in [2.05, 4.69) is 33.5 Å². The molecular weight excluding hydrogens is 248 g/mol. The molecule has 0 bridgehead atoms. The lowest BCUT2D eigenvalue weighted by molar-refractivity contribution is 0.386. The van der Waals surface area contributed by atoms with Gasteiger partial charge in [0.15, 0.2) is 5.65 Å². The normalized spacial score (nSPS) is 11.6. The van der Waals surface area contributed by atoms with Gasteiger partial charge in [-0.2, -0.15) is 0 Å². The monoisotopic (exact) mass is 266 g/mol. The number of hydrogen-bond acceptors (Lipinski definition) is 3. The zero-order chi connectivity index (χ0) is 13.0. The Morgan fingerprint density at radius 2 is 2.22 bits per heavy atom. The van der Waals surface area contributed by atoms with Gasteiger partial charge in [0, 0.05) is 25.0 Å². The molecule has 4 nitrogen and oxygen atoms in total. The third-order valence-corrected chi connectivity index (χ3v) is 3.08. The summed E-state index contributed by atoms with van der Waals surface area (Å²) in [7, 11) is 4.17. The van der Waals surface area contributed by atoms with Crippen LogP contribution in [0.15, 0.2) is 18.3 Å². The van der Waals surface area contributed by atoms with E-state index >= 15 is 0 Å². The van der Waals surface area contributed by atoms with E-state index in [0.717, 1.165) is 42.9 Å². The van der Waals surface area contributed by atoms with Crippen molar-refractivity contribution in [3.8, 4) is 0 Å². The molecule has 0 fully saturated rings. The minimum atomic E-state index is 0.594. The van der Waals surface area contributed by atoms with Crippen molar-refractivity contribution in [2.75, 3.05) is 26.5 Å². The predicted molar refractivity (Wildman–Crippen MR) is 75.1 cm³/mol. The van der Waals surface area contributed by atoms with Crippen molar-refractivity contribution in [2.45, 2.75) is 19.4 Å². The van der Waals surface area contributed by atoms with Crippen LogP contribution in [0.4, 0.5) is 0 Å². The molecule has 98 valence electrons. The van der Waals surface area contributed by atoms with Crippen LogP contribution in [0.5, 0.6) is 0 Å². The Hall–Kier alpha value is -1.13. The van der Waals surface area contributed by atoms with Crippen molar-refractivity contribution >= 4 is 22.8 Å². The fraction of sp³-hybridized carbons (Fsp3) is 0.538. The van der Waals surface area contributed by atoms with Crippen LogP contribution in [0.1, 0.15) is 12.2 Å². The number of aromatic nitrogens is 3. The summed E-state index contributed by atoms with van der Waals surface area (Å²) < 4.78 is 2.20. The number of imidazole rings is 1. The van der Waals surface area contributed by atoms with E-state index in [-0.39, 0.29) is 0 Å². The Kier molecular flexibility index (Phi) is 4.55. The van der Waals surface area contributed by atoms with Gasteiger partial charge in [-0.1, -0.05) is 0 Å². The van der Waals surface area contributed by atoms with Gasteiger partial charge in [0.2, 0.25) is 0 Å². The highest BCUT2D eigenvalue weighted by atomic mass is 35.5. The molecule has 0 radical (unpaired) electrons. The molecule has 0 aromatic carbocycles. The summed E-state index contributed by atoms with van der Waals surface area (Å²) in [6, 6.07) is 3.92. The second kappa shape index (κ2) is 6.16. The van der Waals surface area contributed by atoms with Gasteiger partial charge in [0.25, 0.3) is 0 Å². The van der Waals surface area contributed by atoms with Gasteiger partial charge < -0.3 is 9.47 Å². The Morgan fingerprint density at radius 3 is 2.94 bits per heavy atom. The van der Waals surface area contributed by atoms with Crippen molar-refractivity contribution in [1.29, 1.82) is 0 Å². The second-order valence-electron chi connectivity index (χ2n) is 4.62. The molecule has 0 atom stereocenters. The molecule has 0 saturated carbocycles. The van der Waals surface area contributed by atoms with E-state index in [9.17, 15) is 0 Å². The number of nitrogens with zero attached hydrogens (tertiary/aromatic N) is 4. The lowest BCUT2D eigenvalue weighted by Gasteiger charge is -2.11. The fourth-order valence-corrected chi connectivity index (χ4v) is 2.23. The van der Waals surface area contributed by atoms with E-state index in [0.29, 0.717) is 5.88 Å². The summed E-state index contributed by atoms with van der Waals surface area (Å²) in [6.45, 7) is 2.00. The molecule has 5 heteroatoms. The molecule has 0 spiro atoms. The molecule has 0 aliphatic heterocycles. The van der Waals surface area contributed by atoms with Crippen LogP contribution in [0.25, 0.3) is 11.2 Å². The quantitative estimate of drug-likeness (QED) is 0.752. The average molecular weight is 267 g/mol. The van der Waals surface area contributed by atoms with Crippen LogP contribution in [-0.4, -0.2) is 46.0 Å². The Balaban J connectivity index is 2.24. The average Bonchev–Trinajstić information content (AvgIpc) is 2.68. The zero-order valence-corrected chi connectivity index (χ0v) is 11.7. The first-order valence-corrected chi connectivity index (χ1v) is 6.76. The van der Waals surface area contributed by atoms with E-state index in [1.807, 2.05) is 18.3 Å². The molecule has 2 aromatic heterocycles. The van der Waals surface area contributed by atoms with Gasteiger partial charge in [0.05, 0.1) is 0 Å². The number of alkyl halides is 1. The van der Waals surface area contributed by atoms with Crippen LogP contribution in [0.3, 0.4) is 0 Å². The highest BCUT2D eigenvalue weighted by Crippen LogP contribution is 2.15. The summed E-state index contributed by atoms with van der Waals surface area (Å²) >= 11 is 5.84. The predicted octanol–water partition coefficient (Wildman–Crippen LogP) is 2.16. The van der Waals surface area contributed by atoms with Crippen molar-refractivity contribution in [2.24, 2.45) is 0 Å². The maximum atomic E-state index is 5.84. The highest BCUT2D eigenvalue weighted by Gasteiger charge is 2.10. The second-order valence-corrected chi connectivity index (χ2v) is 5.00. The maximum Gasteiger partial charge on any atom is 0.159 e. The third-order valence-electron chi connectivity index (χ3n) is 2.89. The van der Waals surface area contributed by atoms with Crippen LogP contribution in [-0.2, 0) is 13.0 Å². The lowest BCUT2D eigenvalue weighted by atomic mass is 10.3. The molecule has 0 N–H and O–H groups in total. The molecule has 0 saturated heterocycles. The molecule has 0 amide bonds. The summed E-state index contributed by atoms with van der Waals surface area (Å²) in [5.74, 6) is 1.63. The lowest BCUT2D eigenvalue weighted by Crippen LogP contribution is -2.16. The standard InChI is InChI=1S/C13H19ClN4/c1-17(2)9-4-10-18-12(6-7-14)16-11-5-3-8-15-13(11)18/h3,5,8H,4,6-7,9-10H2,1-2H3. The van der Waals surface area contributed by atoms with Gasteiger partial charge in [-0.15, -0.1) is 11.6 Å². The summed E-state index contributed by atoms with van der Waals surface area (Å²) in [6.07, 6.45) is 3.70.